The number of hydrogen-bond donors (Lipinski definition) is 2. The highest BCUT2D eigenvalue weighted by Gasteiger charge is 2.26. The Morgan fingerprint density at radius 1 is 1.23 bits per heavy atom. The van der Waals surface area contributed by atoms with Crippen LogP contribution in [0.3, 0.4) is 0 Å². The first-order valence-corrected chi connectivity index (χ1v) is 8.44. The van der Waals surface area contributed by atoms with Gasteiger partial charge in [0.1, 0.15) is 0 Å². The molecule has 0 aromatic carbocycles. The third-order valence-electron chi connectivity index (χ3n) is 5.02. The molecule has 2 N–H and O–H groups in total. The molecule has 0 unspecified atom stereocenters. The minimum absolute atomic E-state index is 0.244. The van der Waals surface area contributed by atoms with Crippen molar-refractivity contribution in [3.8, 4) is 0 Å². The quantitative estimate of drug-likeness (QED) is 0.876. The zero-order chi connectivity index (χ0) is 15.4. The lowest BCUT2D eigenvalue weighted by Crippen LogP contribution is -2.41. The molecule has 1 aliphatic heterocycles. The number of anilines is 2. The molecule has 22 heavy (non-hydrogen) atoms. The maximum atomic E-state index is 13.3. The highest BCUT2D eigenvalue weighted by atomic mass is 19.1. The van der Waals surface area contributed by atoms with Gasteiger partial charge in [0.15, 0.2) is 11.6 Å². The molecule has 0 radical (unpaired) electrons. The third kappa shape index (κ3) is 3.66. The van der Waals surface area contributed by atoms with Crippen LogP contribution >= 0.6 is 0 Å². The van der Waals surface area contributed by atoms with Crippen LogP contribution in [0.25, 0.3) is 0 Å². The minimum Gasteiger partial charge on any atom is -0.371 e. The van der Waals surface area contributed by atoms with Crippen molar-refractivity contribution in [2.45, 2.75) is 44.6 Å². The lowest BCUT2D eigenvalue weighted by atomic mass is 9.95. The molecular weight excluding hydrogens is 281 g/mol. The third-order valence-corrected chi connectivity index (χ3v) is 5.02. The molecule has 1 saturated carbocycles. The molecule has 1 aliphatic carbocycles. The van der Waals surface area contributed by atoms with Crippen LogP contribution in [0, 0.1) is 11.7 Å². The maximum absolute atomic E-state index is 13.3. The number of halogens is 1. The Bertz CT molecular complexity index is 481. The average Bonchev–Trinajstić information content (AvgIpc) is 3.09. The fraction of sp³-hybridized carbons (Fsp3) is 0.750. The van der Waals surface area contributed by atoms with E-state index in [-0.39, 0.29) is 5.82 Å². The van der Waals surface area contributed by atoms with Gasteiger partial charge in [0.2, 0.25) is 5.95 Å². The zero-order valence-electron chi connectivity index (χ0n) is 13.3. The molecular formula is C16H26FN5. The van der Waals surface area contributed by atoms with E-state index in [1.165, 1.54) is 57.8 Å². The van der Waals surface area contributed by atoms with Gasteiger partial charge in [-0.15, -0.1) is 0 Å². The van der Waals surface area contributed by atoms with Gasteiger partial charge < -0.3 is 15.5 Å². The van der Waals surface area contributed by atoms with Crippen LogP contribution in [0.4, 0.5) is 16.2 Å². The van der Waals surface area contributed by atoms with Crippen molar-refractivity contribution in [1.29, 1.82) is 0 Å². The monoisotopic (exact) mass is 307 g/mol. The van der Waals surface area contributed by atoms with E-state index in [0.717, 1.165) is 12.6 Å². The number of nitrogens with zero attached hydrogens (tertiary/aromatic N) is 3. The number of rotatable bonds is 5. The summed E-state index contributed by atoms with van der Waals surface area (Å²) in [5.41, 5.74) is 0. The molecule has 1 saturated heterocycles. The van der Waals surface area contributed by atoms with E-state index in [4.69, 9.17) is 0 Å². The molecule has 6 heteroatoms. The van der Waals surface area contributed by atoms with Crippen molar-refractivity contribution in [1.82, 2.24) is 14.9 Å². The van der Waals surface area contributed by atoms with Gasteiger partial charge in [-0.3, -0.25) is 0 Å². The second-order valence-electron chi connectivity index (χ2n) is 6.44. The van der Waals surface area contributed by atoms with Crippen LogP contribution in [0.2, 0.25) is 0 Å². The van der Waals surface area contributed by atoms with Crippen LogP contribution in [-0.2, 0) is 0 Å². The maximum Gasteiger partial charge on any atom is 0.224 e. The SMILES string of the molecule is CNc1nc(NCC2CCN(C3CCCC3)CC2)ncc1F. The molecule has 1 aromatic heterocycles. The molecule has 2 fully saturated rings. The summed E-state index contributed by atoms with van der Waals surface area (Å²) in [4.78, 5) is 10.8. The predicted octanol–water partition coefficient (Wildman–Crippen LogP) is 2.72. The fourth-order valence-corrected chi connectivity index (χ4v) is 3.65. The minimum atomic E-state index is -0.419. The van der Waals surface area contributed by atoms with Crippen LogP contribution in [0.1, 0.15) is 38.5 Å². The van der Waals surface area contributed by atoms with E-state index in [1.54, 1.807) is 7.05 Å². The lowest BCUT2D eigenvalue weighted by Gasteiger charge is -2.36. The average molecular weight is 307 g/mol. The second-order valence-corrected chi connectivity index (χ2v) is 6.44. The molecule has 2 aliphatic rings. The standard InChI is InChI=1S/C16H26FN5/c1-18-15-14(17)11-20-16(21-15)19-10-12-6-8-22(9-7-12)13-4-2-3-5-13/h11-13H,2-10H2,1H3,(H2,18,19,20,21). The summed E-state index contributed by atoms with van der Waals surface area (Å²) in [6, 6.07) is 0.840. The van der Waals surface area contributed by atoms with Crippen molar-refractivity contribution in [3.63, 3.8) is 0 Å². The normalized spacial score (nSPS) is 21.2. The van der Waals surface area contributed by atoms with Crippen molar-refractivity contribution in [3.05, 3.63) is 12.0 Å². The Kier molecular flexibility index (Phi) is 5.08. The van der Waals surface area contributed by atoms with Crippen LogP contribution < -0.4 is 10.6 Å². The summed E-state index contributed by atoms with van der Waals surface area (Å²) in [6.07, 6.45) is 9.25. The van der Waals surface area contributed by atoms with E-state index in [1.807, 2.05) is 0 Å². The largest absolute Gasteiger partial charge is 0.371 e. The summed E-state index contributed by atoms with van der Waals surface area (Å²) in [7, 11) is 1.66. The molecule has 5 nitrogen and oxygen atoms in total. The first kappa shape index (κ1) is 15.5. The van der Waals surface area contributed by atoms with Crippen LogP contribution in [0.5, 0.6) is 0 Å². The Hall–Kier alpha value is -1.43. The topological polar surface area (TPSA) is 53.1 Å². The van der Waals surface area contributed by atoms with Gasteiger partial charge >= 0.3 is 0 Å². The molecule has 1 aromatic rings. The van der Waals surface area contributed by atoms with E-state index >= 15 is 0 Å². The van der Waals surface area contributed by atoms with E-state index < -0.39 is 5.82 Å². The Morgan fingerprint density at radius 2 is 1.95 bits per heavy atom. The lowest BCUT2D eigenvalue weighted by molar-refractivity contribution is 0.138. The molecule has 3 rings (SSSR count). The van der Waals surface area contributed by atoms with Gasteiger partial charge in [0.25, 0.3) is 0 Å². The number of piperidine rings is 1. The molecule has 0 atom stereocenters. The molecule has 0 spiro atoms. The van der Waals surface area contributed by atoms with Crippen molar-refractivity contribution >= 4 is 11.8 Å². The highest BCUT2D eigenvalue weighted by Crippen LogP contribution is 2.27. The summed E-state index contributed by atoms with van der Waals surface area (Å²) in [6.45, 7) is 3.29. The summed E-state index contributed by atoms with van der Waals surface area (Å²) >= 11 is 0. The second kappa shape index (κ2) is 7.22. The molecule has 0 bridgehead atoms. The Labute approximate surface area is 131 Å². The summed E-state index contributed by atoms with van der Waals surface area (Å²) in [5, 5.41) is 5.99. The Balaban J connectivity index is 1.45. The number of likely N-dealkylation sites (tertiary alicyclic amines) is 1. The number of hydrogen-bond acceptors (Lipinski definition) is 5. The predicted molar refractivity (Wildman–Crippen MR) is 86.6 cm³/mol. The first-order valence-electron chi connectivity index (χ1n) is 8.44. The fourth-order valence-electron chi connectivity index (χ4n) is 3.65. The summed E-state index contributed by atoms with van der Waals surface area (Å²) in [5.74, 6) is 0.986. The smallest absolute Gasteiger partial charge is 0.224 e. The van der Waals surface area contributed by atoms with Crippen molar-refractivity contribution in [2.24, 2.45) is 5.92 Å². The van der Waals surface area contributed by atoms with Gasteiger partial charge in [-0.05, 0) is 44.7 Å². The zero-order valence-corrected chi connectivity index (χ0v) is 13.3. The van der Waals surface area contributed by atoms with Gasteiger partial charge in [0.05, 0.1) is 6.20 Å². The first-order chi connectivity index (χ1) is 10.8. The Morgan fingerprint density at radius 3 is 2.64 bits per heavy atom. The van der Waals surface area contributed by atoms with Gasteiger partial charge in [-0.25, -0.2) is 9.37 Å². The number of aromatic nitrogens is 2. The van der Waals surface area contributed by atoms with Gasteiger partial charge in [-0.2, -0.15) is 4.98 Å². The molecule has 122 valence electrons. The number of nitrogens with one attached hydrogen (secondary N) is 2. The molecule has 2 heterocycles. The van der Waals surface area contributed by atoms with Gasteiger partial charge in [0, 0.05) is 19.6 Å². The van der Waals surface area contributed by atoms with E-state index in [2.05, 4.69) is 25.5 Å². The van der Waals surface area contributed by atoms with Crippen LogP contribution in [-0.4, -0.2) is 47.6 Å². The highest BCUT2D eigenvalue weighted by molar-refractivity contribution is 5.40. The molecule has 0 amide bonds. The summed E-state index contributed by atoms with van der Waals surface area (Å²) < 4.78 is 13.3. The van der Waals surface area contributed by atoms with Gasteiger partial charge in [-0.1, -0.05) is 12.8 Å². The van der Waals surface area contributed by atoms with Crippen molar-refractivity contribution in [2.75, 3.05) is 37.3 Å². The van der Waals surface area contributed by atoms with E-state index in [0.29, 0.717) is 11.9 Å². The van der Waals surface area contributed by atoms with Crippen LogP contribution in [0.15, 0.2) is 6.20 Å². The van der Waals surface area contributed by atoms with E-state index in [9.17, 15) is 4.39 Å². The van der Waals surface area contributed by atoms with Crippen molar-refractivity contribution < 1.29 is 4.39 Å².